The Labute approximate surface area is 169 Å². The van der Waals surface area contributed by atoms with Crippen LogP contribution in [0.15, 0.2) is 84.8 Å². The summed E-state index contributed by atoms with van der Waals surface area (Å²) >= 11 is 0. The predicted molar refractivity (Wildman–Crippen MR) is 123 cm³/mol. The fourth-order valence-corrected chi connectivity index (χ4v) is 3.17. The Hall–Kier alpha value is -3.07. The second kappa shape index (κ2) is 10.3. The highest BCUT2D eigenvalue weighted by Crippen LogP contribution is 2.20. The van der Waals surface area contributed by atoms with Gasteiger partial charge in [-0.1, -0.05) is 62.9 Å². The van der Waals surface area contributed by atoms with Crippen molar-refractivity contribution in [2.45, 2.75) is 33.6 Å². The van der Waals surface area contributed by atoms with Gasteiger partial charge in [-0.2, -0.15) is 0 Å². The molecule has 0 fully saturated rings. The fourth-order valence-electron chi connectivity index (χ4n) is 3.17. The molecule has 0 radical (unpaired) electrons. The van der Waals surface area contributed by atoms with Crippen LogP contribution in [0.5, 0.6) is 0 Å². The van der Waals surface area contributed by atoms with Gasteiger partial charge in [-0.05, 0) is 54.7 Å². The molecule has 2 aromatic carbocycles. The first kappa shape index (κ1) is 21.2. The van der Waals surface area contributed by atoms with Gasteiger partial charge in [-0.25, -0.2) is 0 Å². The van der Waals surface area contributed by atoms with Crippen LogP contribution in [0, 0.1) is 6.92 Å². The number of nitrogens with one attached hydrogen (secondary N) is 1. The number of rotatable bonds is 8. The molecule has 0 aliphatic heterocycles. The summed E-state index contributed by atoms with van der Waals surface area (Å²) in [7, 11) is 1.76. The molecule has 1 N–H and O–H groups in total. The fraction of sp³-hybridized carbons (Fsp3) is 0.240. The van der Waals surface area contributed by atoms with E-state index < -0.39 is 0 Å². The monoisotopic (exact) mass is 373 g/mol. The quantitative estimate of drug-likeness (QED) is 0.428. The Morgan fingerprint density at radius 2 is 1.82 bits per heavy atom. The zero-order valence-corrected chi connectivity index (χ0v) is 17.5. The molecule has 0 bridgehead atoms. The number of hydrogen-bond donors (Lipinski definition) is 1. The summed E-state index contributed by atoms with van der Waals surface area (Å²) in [6.07, 6.45) is 6.03. The smallest absolute Gasteiger partial charge is 0.154 e. The lowest BCUT2D eigenvalue weighted by atomic mass is 10.0. The molecular formula is C25H31N3. The highest BCUT2D eigenvalue weighted by atomic mass is 15.2. The molecule has 28 heavy (non-hydrogen) atoms. The maximum absolute atomic E-state index is 4.44. The van der Waals surface area contributed by atoms with E-state index in [0.717, 1.165) is 35.6 Å². The van der Waals surface area contributed by atoms with Gasteiger partial charge in [0, 0.05) is 25.1 Å². The van der Waals surface area contributed by atoms with Crippen molar-refractivity contribution in [1.82, 2.24) is 4.90 Å². The summed E-state index contributed by atoms with van der Waals surface area (Å²) < 4.78 is 0. The van der Waals surface area contributed by atoms with E-state index in [-0.39, 0.29) is 0 Å². The number of hydrogen-bond acceptors (Lipinski definition) is 2. The first-order chi connectivity index (χ1) is 13.5. The zero-order valence-electron chi connectivity index (χ0n) is 17.5. The molecule has 0 heterocycles. The second-order valence-corrected chi connectivity index (χ2v) is 6.81. The van der Waals surface area contributed by atoms with E-state index in [1.807, 2.05) is 17.2 Å². The van der Waals surface area contributed by atoms with Gasteiger partial charge in [0.05, 0.1) is 5.70 Å². The van der Waals surface area contributed by atoms with Gasteiger partial charge in [-0.3, -0.25) is 4.99 Å². The lowest BCUT2D eigenvalue weighted by Crippen LogP contribution is -2.25. The second-order valence-electron chi connectivity index (χ2n) is 6.81. The summed E-state index contributed by atoms with van der Waals surface area (Å²) in [6.45, 7) is 14.5. The molecule has 0 saturated carbocycles. The lowest BCUT2D eigenvalue weighted by Gasteiger charge is -2.22. The van der Waals surface area contributed by atoms with E-state index in [9.17, 15) is 0 Å². The molecule has 3 nitrogen and oxygen atoms in total. The van der Waals surface area contributed by atoms with Crippen LogP contribution >= 0.6 is 0 Å². The highest BCUT2D eigenvalue weighted by molar-refractivity contribution is 6.01. The number of aliphatic imine (C=N–C) groups is 1. The third-order valence-electron chi connectivity index (χ3n) is 4.61. The number of amidine groups is 1. The van der Waals surface area contributed by atoms with Gasteiger partial charge in [0.15, 0.2) is 5.84 Å². The van der Waals surface area contributed by atoms with E-state index in [2.05, 4.69) is 86.7 Å². The average Bonchev–Trinajstić information content (AvgIpc) is 2.69. The molecule has 3 heteroatoms. The van der Waals surface area contributed by atoms with Gasteiger partial charge in [0.2, 0.25) is 0 Å². The molecule has 0 aromatic heterocycles. The van der Waals surface area contributed by atoms with Crippen LogP contribution in [0.25, 0.3) is 5.57 Å². The van der Waals surface area contributed by atoms with Crippen LogP contribution in [-0.4, -0.2) is 17.8 Å². The van der Waals surface area contributed by atoms with E-state index in [4.69, 9.17) is 0 Å². The van der Waals surface area contributed by atoms with Gasteiger partial charge in [0.25, 0.3) is 0 Å². The highest BCUT2D eigenvalue weighted by Gasteiger charge is 2.11. The van der Waals surface area contributed by atoms with Gasteiger partial charge in [0.1, 0.15) is 0 Å². The van der Waals surface area contributed by atoms with Crippen LogP contribution in [0.2, 0.25) is 0 Å². The number of benzene rings is 2. The van der Waals surface area contributed by atoms with Crippen molar-refractivity contribution in [1.29, 1.82) is 0 Å². The summed E-state index contributed by atoms with van der Waals surface area (Å²) in [6, 6.07) is 16.8. The molecule has 0 saturated heterocycles. The van der Waals surface area contributed by atoms with Crippen molar-refractivity contribution in [3.8, 4) is 0 Å². The van der Waals surface area contributed by atoms with Crippen molar-refractivity contribution < 1.29 is 0 Å². The van der Waals surface area contributed by atoms with E-state index in [0.29, 0.717) is 0 Å². The molecule has 146 valence electrons. The summed E-state index contributed by atoms with van der Waals surface area (Å²) in [5.41, 5.74) is 6.63. The van der Waals surface area contributed by atoms with E-state index in [1.54, 1.807) is 13.2 Å². The summed E-state index contributed by atoms with van der Waals surface area (Å²) in [5.74, 6) is 0.723. The molecule has 0 aliphatic carbocycles. The number of allylic oxidation sites excluding steroid dienone is 1. The molecule has 0 spiro atoms. The molecule has 0 aliphatic rings. The molecule has 2 rings (SSSR count). The van der Waals surface area contributed by atoms with Crippen molar-refractivity contribution in [3.63, 3.8) is 0 Å². The van der Waals surface area contributed by atoms with Crippen LogP contribution < -0.4 is 5.32 Å². The van der Waals surface area contributed by atoms with Crippen molar-refractivity contribution in [3.05, 3.63) is 96.5 Å². The van der Waals surface area contributed by atoms with E-state index in [1.165, 1.54) is 16.7 Å². The molecule has 2 aromatic rings. The Morgan fingerprint density at radius 3 is 2.39 bits per heavy atom. The first-order valence-corrected chi connectivity index (χ1v) is 9.67. The van der Waals surface area contributed by atoms with Crippen LogP contribution in [0.3, 0.4) is 0 Å². The first-order valence-electron chi connectivity index (χ1n) is 9.67. The summed E-state index contributed by atoms with van der Waals surface area (Å²) in [4.78, 5) is 6.34. The normalized spacial score (nSPS) is 11.9. The zero-order chi connectivity index (χ0) is 20.5. The van der Waals surface area contributed by atoms with Crippen LogP contribution in [0.4, 0.5) is 5.69 Å². The Balaban J connectivity index is 2.19. The molecular weight excluding hydrogens is 342 g/mol. The van der Waals surface area contributed by atoms with Gasteiger partial charge < -0.3 is 10.2 Å². The van der Waals surface area contributed by atoms with E-state index >= 15 is 0 Å². The molecule has 0 amide bonds. The minimum Gasteiger partial charge on any atom is -0.353 e. The number of nitrogens with zero attached hydrogens (tertiary/aromatic N) is 2. The minimum atomic E-state index is 0.722. The van der Waals surface area contributed by atoms with Crippen molar-refractivity contribution >= 4 is 17.1 Å². The third kappa shape index (κ3) is 5.46. The topological polar surface area (TPSA) is 27.6 Å². The third-order valence-corrected chi connectivity index (χ3v) is 4.61. The van der Waals surface area contributed by atoms with Gasteiger partial charge >= 0.3 is 0 Å². The average molecular weight is 374 g/mol. The SMILES string of the molecule is C=CN(/C=C(\C)c1ccccc1C)C(=NC)C(=C)Nc1ccc(CCC)cc1. The number of aryl methyl sites for hydroxylation is 2. The molecule has 0 atom stereocenters. The van der Waals surface area contributed by atoms with Crippen molar-refractivity contribution in [2.24, 2.45) is 4.99 Å². The largest absolute Gasteiger partial charge is 0.353 e. The van der Waals surface area contributed by atoms with Gasteiger partial charge in [-0.15, -0.1) is 0 Å². The lowest BCUT2D eigenvalue weighted by molar-refractivity contribution is 0.759. The standard InChI is InChI=1S/C25H31N3/c1-7-11-22-14-16-23(17-15-22)27-21(5)25(26-6)28(8-2)18-20(4)24-13-10-9-12-19(24)3/h8-10,12-18,27H,2,5,7,11H2,1,3-4,6H3/b20-18+,26-25?. The van der Waals surface area contributed by atoms with Crippen molar-refractivity contribution in [2.75, 3.05) is 12.4 Å². The number of anilines is 1. The minimum absolute atomic E-state index is 0.722. The Kier molecular flexibility index (Phi) is 7.82. The van der Waals surface area contributed by atoms with Crippen LogP contribution in [-0.2, 0) is 6.42 Å². The molecule has 0 unspecified atom stereocenters. The van der Waals surface area contributed by atoms with Crippen LogP contribution in [0.1, 0.15) is 37.0 Å². The maximum Gasteiger partial charge on any atom is 0.154 e. The maximum atomic E-state index is 4.44. The Bertz CT molecular complexity index is 873. The summed E-state index contributed by atoms with van der Waals surface area (Å²) in [5, 5.41) is 3.36. The predicted octanol–water partition coefficient (Wildman–Crippen LogP) is 6.41. The Morgan fingerprint density at radius 1 is 1.14 bits per heavy atom.